The minimum absolute atomic E-state index is 0.204. The number of aromatic nitrogens is 2. The van der Waals surface area contributed by atoms with Gasteiger partial charge in [0.1, 0.15) is 5.69 Å². The predicted octanol–water partition coefficient (Wildman–Crippen LogP) is 4.29. The van der Waals surface area contributed by atoms with Crippen molar-refractivity contribution in [2.45, 2.75) is 0 Å². The average molecular weight is 306 g/mol. The van der Waals surface area contributed by atoms with Gasteiger partial charge < -0.3 is 10.3 Å². The van der Waals surface area contributed by atoms with Crippen molar-refractivity contribution in [1.82, 2.24) is 10.1 Å². The van der Waals surface area contributed by atoms with Crippen LogP contribution in [0.4, 0.5) is 5.88 Å². The molecule has 0 aliphatic heterocycles. The van der Waals surface area contributed by atoms with Crippen LogP contribution in [0.3, 0.4) is 0 Å². The van der Waals surface area contributed by atoms with Gasteiger partial charge in [0.05, 0.1) is 11.3 Å². The third-order valence-electron chi connectivity index (χ3n) is 2.78. The number of hydrogen-bond acceptors (Lipinski definition) is 4. The van der Waals surface area contributed by atoms with Crippen LogP contribution in [0.2, 0.25) is 10.0 Å². The number of nitrogens with two attached hydrogens (primary N) is 1. The molecule has 2 aromatic heterocycles. The highest BCUT2D eigenvalue weighted by molar-refractivity contribution is 6.35. The van der Waals surface area contributed by atoms with E-state index in [2.05, 4.69) is 10.1 Å². The molecule has 2 heterocycles. The van der Waals surface area contributed by atoms with Crippen LogP contribution in [0.1, 0.15) is 0 Å². The van der Waals surface area contributed by atoms with Gasteiger partial charge in [-0.25, -0.2) is 0 Å². The standard InChI is InChI=1S/C14H9Cl2N3O/c15-9-5-8(6-10(16)7-9)13-12(14(17)20-19-13)11-3-1-2-4-18-11/h1-7H,17H2. The van der Waals surface area contributed by atoms with Gasteiger partial charge in [0.15, 0.2) is 0 Å². The van der Waals surface area contributed by atoms with Gasteiger partial charge >= 0.3 is 0 Å². The summed E-state index contributed by atoms with van der Waals surface area (Å²) >= 11 is 12.0. The smallest absolute Gasteiger partial charge is 0.232 e. The molecular formula is C14H9Cl2N3O. The zero-order valence-electron chi connectivity index (χ0n) is 10.2. The van der Waals surface area contributed by atoms with E-state index >= 15 is 0 Å². The molecule has 0 fully saturated rings. The summed E-state index contributed by atoms with van der Waals surface area (Å²) in [5, 5.41) is 5.02. The van der Waals surface area contributed by atoms with E-state index in [1.807, 2.05) is 18.2 Å². The Balaban J connectivity index is 2.21. The van der Waals surface area contributed by atoms with Crippen molar-refractivity contribution >= 4 is 29.1 Å². The van der Waals surface area contributed by atoms with Crippen molar-refractivity contribution in [3.05, 3.63) is 52.6 Å². The summed E-state index contributed by atoms with van der Waals surface area (Å²) in [4.78, 5) is 4.27. The van der Waals surface area contributed by atoms with E-state index in [1.165, 1.54) is 0 Å². The second-order valence-corrected chi connectivity index (χ2v) is 5.02. The van der Waals surface area contributed by atoms with E-state index in [9.17, 15) is 0 Å². The highest BCUT2D eigenvalue weighted by Crippen LogP contribution is 2.36. The van der Waals surface area contributed by atoms with Gasteiger partial charge in [0.25, 0.3) is 0 Å². The molecule has 6 heteroatoms. The zero-order valence-corrected chi connectivity index (χ0v) is 11.7. The van der Waals surface area contributed by atoms with Crippen LogP contribution in [-0.4, -0.2) is 10.1 Å². The molecule has 0 aliphatic carbocycles. The molecule has 0 saturated carbocycles. The van der Waals surface area contributed by atoms with Gasteiger partial charge in [-0.1, -0.05) is 34.4 Å². The van der Waals surface area contributed by atoms with E-state index in [0.29, 0.717) is 27.0 Å². The van der Waals surface area contributed by atoms with Gasteiger partial charge in [-0.05, 0) is 30.3 Å². The van der Waals surface area contributed by atoms with Crippen LogP contribution in [0.5, 0.6) is 0 Å². The lowest BCUT2D eigenvalue weighted by Gasteiger charge is -2.03. The van der Waals surface area contributed by atoms with E-state index in [1.54, 1.807) is 24.4 Å². The van der Waals surface area contributed by atoms with Crippen LogP contribution < -0.4 is 5.73 Å². The normalized spacial score (nSPS) is 10.7. The Morgan fingerprint density at radius 2 is 1.80 bits per heavy atom. The summed E-state index contributed by atoms with van der Waals surface area (Å²) in [6.07, 6.45) is 1.68. The first-order chi connectivity index (χ1) is 9.65. The molecule has 0 aliphatic rings. The SMILES string of the molecule is Nc1onc(-c2cc(Cl)cc(Cl)c2)c1-c1ccccn1. The fraction of sp³-hybridized carbons (Fsp3) is 0. The molecule has 1 aromatic carbocycles. The largest absolute Gasteiger partial charge is 0.367 e. The number of halogens is 2. The summed E-state index contributed by atoms with van der Waals surface area (Å²) in [6, 6.07) is 10.7. The second kappa shape index (κ2) is 5.15. The average Bonchev–Trinajstić information content (AvgIpc) is 2.80. The molecule has 100 valence electrons. The second-order valence-electron chi connectivity index (χ2n) is 4.14. The molecule has 2 N–H and O–H groups in total. The first-order valence-electron chi connectivity index (χ1n) is 5.78. The maximum atomic E-state index is 6.02. The number of pyridine rings is 1. The molecule has 0 atom stereocenters. The van der Waals surface area contributed by atoms with Crippen LogP contribution >= 0.6 is 23.2 Å². The number of nitrogens with zero attached hydrogens (tertiary/aromatic N) is 2. The van der Waals surface area contributed by atoms with Gasteiger partial charge in [-0.2, -0.15) is 0 Å². The fourth-order valence-corrected chi connectivity index (χ4v) is 2.47. The van der Waals surface area contributed by atoms with Crippen molar-refractivity contribution in [2.24, 2.45) is 0 Å². The van der Waals surface area contributed by atoms with E-state index in [-0.39, 0.29) is 5.88 Å². The van der Waals surface area contributed by atoms with Crippen molar-refractivity contribution in [1.29, 1.82) is 0 Å². The quantitative estimate of drug-likeness (QED) is 0.767. The molecule has 3 rings (SSSR count). The monoisotopic (exact) mass is 305 g/mol. The fourth-order valence-electron chi connectivity index (χ4n) is 1.95. The lowest BCUT2D eigenvalue weighted by atomic mass is 10.0. The first-order valence-corrected chi connectivity index (χ1v) is 6.54. The van der Waals surface area contributed by atoms with Crippen LogP contribution in [0.15, 0.2) is 47.1 Å². The first kappa shape index (κ1) is 13.0. The van der Waals surface area contributed by atoms with Gasteiger partial charge in [0.2, 0.25) is 5.88 Å². The Labute approximate surface area is 125 Å². The predicted molar refractivity (Wildman–Crippen MR) is 79.6 cm³/mol. The number of benzene rings is 1. The molecule has 0 amide bonds. The molecule has 0 unspecified atom stereocenters. The summed E-state index contributed by atoms with van der Waals surface area (Å²) in [7, 11) is 0. The molecule has 0 bridgehead atoms. The third-order valence-corrected chi connectivity index (χ3v) is 3.21. The minimum Gasteiger partial charge on any atom is -0.367 e. The molecule has 4 nitrogen and oxygen atoms in total. The topological polar surface area (TPSA) is 64.9 Å². The molecule has 0 saturated heterocycles. The maximum Gasteiger partial charge on any atom is 0.232 e. The Bertz CT molecular complexity index is 736. The highest BCUT2D eigenvalue weighted by atomic mass is 35.5. The number of nitrogen functional groups attached to an aromatic ring is 1. The van der Waals surface area contributed by atoms with Crippen molar-refractivity contribution < 1.29 is 4.52 Å². The number of rotatable bonds is 2. The summed E-state index contributed by atoms with van der Waals surface area (Å²) in [5.41, 5.74) is 8.44. The number of anilines is 1. The van der Waals surface area contributed by atoms with Crippen molar-refractivity contribution in [2.75, 3.05) is 5.73 Å². The van der Waals surface area contributed by atoms with E-state index in [0.717, 1.165) is 5.56 Å². The van der Waals surface area contributed by atoms with Gasteiger partial charge in [-0.15, -0.1) is 0 Å². The Kier molecular flexibility index (Phi) is 3.34. The van der Waals surface area contributed by atoms with Gasteiger partial charge in [0, 0.05) is 21.8 Å². The molecule has 0 radical (unpaired) electrons. The molecular weight excluding hydrogens is 297 g/mol. The highest BCUT2D eigenvalue weighted by Gasteiger charge is 2.18. The number of hydrogen-bond donors (Lipinski definition) is 1. The Morgan fingerprint density at radius 3 is 2.45 bits per heavy atom. The Morgan fingerprint density at radius 1 is 1.05 bits per heavy atom. The summed E-state index contributed by atoms with van der Waals surface area (Å²) < 4.78 is 5.09. The summed E-state index contributed by atoms with van der Waals surface area (Å²) in [6.45, 7) is 0. The zero-order chi connectivity index (χ0) is 14.1. The summed E-state index contributed by atoms with van der Waals surface area (Å²) in [5.74, 6) is 0.204. The minimum atomic E-state index is 0.204. The molecule has 3 aromatic rings. The maximum absolute atomic E-state index is 6.02. The van der Waals surface area contributed by atoms with Gasteiger partial charge in [-0.3, -0.25) is 4.98 Å². The van der Waals surface area contributed by atoms with Crippen molar-refractivity contribution in [3.63, 3.8) is 0 Å². The molecule has 20 heavy (non-hydrogen) atoms. The van der Waals surface area contributed by atoms with Crippen LogP contribution in [-0.2, 0) is 0 Å². The lowest BCUT2D eigenvalue weighted by Crippen LogP contribution is -1.90. The van der Waals surface area contributed by atoms with Crippen molar-refractivity contribution in [3.8, 4) is 22.5 Å². The van der Waals surface area contributed by atoms with E-state index in [4.69, 9.17) is 33.5 Å². The van der Waals surface area contributed by atoms with Crippen LogP contribution in [0, 0.1) is 0 Å². The molecule has 0 spiro atoms. The van der Waals surface area contributed by atoms with Crippen LogP contribution in [0.25, 0.3) is 22.5 Å². The van der Waals surface area contributed by atoms with E-state index < -0.39 is 0 Å². The third kappa shape index (κ3) is 2.35. The lowest BCUT2D eigenvalue weighted by molar-refractivity contribution is 0.439. The Hall–Kier alpha value is -2.04.